The van der Waals surface area contributed by atoms with Crippen LogP contribution in [0, 0.1) is 5.82 Å². The summed E-state index contributed by atoms with van der Waals surface area (Å²) < 4.78 is 25.2. The molecule has 0 bridgehead atoms. The van der Waals surface area contributed by atoms with Gasteiger partial charge in [-0.15, -0.1) is 0 Å². The average molecular weight is 385 g/mol. The third-order valence-corrected chi connectivity index (χ3v) is 5.12. The fraction of sp³-hybridized carbons (Fsp3) is 0.300. The Morgan fingerprint density at radius 1 is 1.07 bits per heavy atom. The zero-order valence-electron chi connectivity index (χ0n) is 15.5. The van der Waals surface area contributed by atoms with Crippen LogP contribution in [0.15, 0.2) is 30.3 Å². The Balaban J connectivity index is 1.77. The van der Waals surface area contributed by atoms with E-state index in [2.05, 4.69) is 10.6 Å². The van der Waals surface area contributed by atoms with Crippen molar-refractivity contribution in [2.45, 2.75) is 12.3 Å². The molecule has 0 aromatic heterocycles. The largest absolute Gasteiger partial charge is 0.493 e. The Morgan fingerprint density at radius 2 is 1.82 bits per heavy atom. The van der Waals surface area contributed by atoms with Crippen LogP contribution >= 0.6 is 0 Å². The molecule has 0 spiro atoms. The van der Waals surface area contributed by atoms with Gasteiger partial charge in [-0.05, 0) is 29.3 Å². The molecule has 1 fully saturated rings. The fourth-order valence-corrected chi connectivity index (χ4v) is 3.75. The molecule has 146 valence electrons. The molecule has 0 saturated carbocycles. The van der Waals surface area contributed by atoms with Crippen molar-refractivity contribution in [1.29, 1.82) is 0 Å². The van der Waals surface area contributed by atoms with Crippen LogP contribution in [0.5, 0.6) is 11.5 Å². The summed E-state index contributed by atoms with van der Waals surface area (Å²) in [6.07, 6.45) is 0.114. The summed E-state index contributed by atoms with van der Waals surface area (Å²) in [4.78, 5) is 25.8. The monoisotopic (exact) mass is 385 g/mol. The van der Waals surface area contributed by atoms with Gasteiger partial charge in [0.1, 0.15) is 5.82 Å². The highest BCUT2D eigenvalue weighted by Gasteiger charge is 2.31. The van der Waals surface area contributed by atoms with E-state index in [4.69, 9.17) is 9.47 Å². The first-order valence-electron chi connectivity index (χ1n) is 8.92. The molecule has 28 heavy (non-hydrogen) atoms. The molecular formula is C20H20FN3O4. The number of methoxy groups -OCH3 is 2. The Morgan fingerprint density at radius 3 is 2.50 bits per heavy atom. The first-order valence-corrected chi connectivity index (χ1v) is 8.92. The lowest BCUT2D eigenvalue weighted by atomic mass is 9.84. The van der Waals surface area contributed by atoms with E-state index in [1.807, 2.05) is 12.1 Å². The molecule has 0 radical (unpaired) electrons. The molecule has 2 N–H and O–H groups in total. The maximum Gasteiger partial charge on any atom is 0.321 e. The zero-order chi connectivity index (χ0) is 19.8. The van der Waals surface area contributed by atoms with Crippen LogP contribution in [0.4, 0.5) is 20.6 Å². The van der Waals surface area contributed by atoms with E-state index in [0.717, 1.165) is 5.56 Å². The van der Waals surface area contributed by atoms with E-state index in [9.17, 15) is 14.0 Å². The minimum atomic E-state index is -0.468. The zero-order valence-corrected chi connectivity index (χ0v) is 15.5. The van der Waals surface area contributed by atoms with Gasteiger partial charge in [0.05, 0.1) is 14.2 Å². The number of rotatable bonds is 4. The Labute approximate surface area is 161 Å². The quantitative estimate of drug-likeness (QED) is 0.848. The first-order chi connectivity index (χ1) is 13.5. The van der Waals surface area contributed by atoms with Gasteiger partial charge in [0.2, 0.25) is 5.91 Å². The number of carbonyl (C=O) groups is 2. The van der Waals surface area contributed by atoms with Crippen molar-refractivity contribution >= 4 is 23.3 Å². The standard InChI is InChI=1S/C20H20FN3O4/c1-27-17-8-14(15(21)10-18(17)28-2)13-9-19(25)23-16-7-11(3-4-12(13)16)24-6-5-22-20(24)26/h3-4,7-8,10,13H,5-6,9H2,1-2H3,(H,22,26)(H,23,25). The summed E-state index contributed by atoms with van der Waals surface area (Å²) in [5.74, 6) is -0.456. The second-order valence-corrected chi connectivity index (χ2v) is 6.69. The summed E-state index contributed by atoms with van der Waals surface area (Å²) in [6, 6.07) is 8.06. The van der Waals surface area contributed by atoms with Gasteiger partial charge in [0.25, 0.3) is 0 Å². The summed E-state index contributed by atoms with van der Waals surface area (Å²) in [5, 5.41) is 5.58. The number of anilines is 2. The van der Waals surface area contributed by atoms with Crippen molar-refractivity contribution in [3.05, 3.63) is 47.3 Å². The lowest BCUT2D eigenvalue weighted by Crippen LogP contribution is -2.29. The lowest BCUT2D eigenvalue weighted by Gasteiger charge is -2.28. The van der Waals surface area contributed by atoms with E-state index >= 15 is 0 Å². The van der Waals surface area contributed by atoms with Crippen LogP contribution in [0.1, 0.15) is 23.5 Å². The topological polar surface area (TPSA) is 79.9 Å². The molecule has 0 aliphatic carbocycles. The predicted octanol–water partition coefficient (Wildman–Crippen LogP) is 2.85. The van der Waals surface area contributed by atoms with Crippen LogP contribution in [-0.2, 0) is 4.79 Å². The summed E-state index contributed by atoms with van der Waals surface area (Å²) in [7, 11) is 2.92. The minimum absolute atomic E-state index is 0.114. The van der Waals surface area contributed by atoms with Gasteiger partial charge in [-0.1, -0.05) is 6.07 Å². The number of amides is 3. The van der Waals surface area contributed by atoms with E-state index in [-0.39, 0.29) is 18.4 Å². The van der Waals surface area contributed by atoms with Gasteiger partial charge in [-0.2, -0.15) is 0 Å². The molecule has 1 unspecified atom stereocenters. The van der Waals surface area contributed by atoms with Crippen molar-refractivity contribution in [3.63, 3.8) is 0 Å². The number of hydrogen-bond donors (Lipinski definition) is 2. The van der Waals surface area contributed by atoms with E-state index < -0.39 is 11.7 Å². The van der Waals surface area contributed by atoms with Crippen LogP contribution in [-0.4, -0.2) is 39.2 Å². The molecule has 1 atom stereocenters. The molecule has 2 aromatic rings. The molecule has 2 aliphatic heterocycles. The molecule has 2 aromatic carbocycles. The number of benzene rings is 2. The SMILES string of the molecule is COc1cc(F)c(C2CC(=O)Nc3cc(N4CCNC4=O)ccc32)cc1OC. The number of ether oxygens (including phenoxy) is 2. The van der Waals surface area contributed by atoms with Gasteiger partial charge in [0, 0.05) is 42.9 Å². The maximum absolute atomic E-state index is 14.8. The highest BCUT2D eigenvalue weighted by molar-refractivity contribution is 5.98. The van der Waals surface area contributed by atoms with Gasteiger partial charge in [-0.3, -0.25) is 9.69 Å². The normalized spacial score (nSPS) is 18.4. The maximum atomic E-state index is 14.8. The minimum Gasteiger partial charge on any atom is -0.493 e. The number of fused-ring (bicyclic) bond motifs is 1. The second-order valence-electron chi connectivity index (χ2n) is 6.69. The second kappa shape index (κ2) is 7.03. The number of carbonyl (C=O) groups excluding carboxylic acids is 2. The van der Waals surface area contributed by atoms with E-state index in [1.165, 1.54) is 20.3 Å². The average Bonchev–Trinajstić information content (AvgIpc) is 3.12. The molecule has 3 amide bonds. The van der Waals surface area contributed by atoms with Gasteiger partial charge < -0.3 is 20.1 Å². The lowest BCUT2D eigenvalue weighted by molar-refractivity contribution is -0.116. The van der Waals surface area contributed by atoms with Gasteiger partial charge >= 0.3 is 6.03 Å². The highest BCUT2D eigenvalue weighted by atomic mass is 19.1. The molecule has 7 nitrogen and oxygen atoms in total. The third-order valence-electron chi connectivity index (χ3n) is 5.12. The summed E-state index contributed by atoms with van der Waals surface area (Å²) in [5.41, 5.74) is 2.41. The number of nitrogens with one attached hydrogen (secondary N) is 2. The number of nitrogens with zero attached hydrogens (tertiary/aromatic N) is 1. The molecule has 4 rings (SSSR count). The van der Waals surface area contributed by atoms with Gasteiger partial charge in [0.15, 0.2) is 11.5 Å². The van der Waals surface area contributed by atoms with Crippen molar-refractivity contribution in [2.24, 2.45) is 0 Å². The molecule has 2 heterocycles. The number of hydrogen-bond acceptors (Lipinski definition) is 4. The smallest absolute Gasteiger partial charge is 0.321 e. The number of urea groups is 1. The van der Waals surface area contributed by atoms with E-state index in [0.29, 0.717) is 41.5 Å². The van der Waals surface area contributed by atoms with Crippen LogP contribution in [0.3, 0.4) is 0 Å². The van der Waals surface area contributed by atoms with Crippen molar-refractivity contribution < 1.29 is 23.5 Å². The predicted molar refractivity (Wildman–Crippen MR) is 102 cm³/mol. The van der Waals surface area contributed by atoms with Crippen LogP contribution in [0.2, 0.25) is 0 Å². The Kier molecular flexibility index (Phi) is 4.54. The Hall–Kier alpha value is -3.29. The van der Waals surface area contributed by atoms with E-state index in [1.54, 1.807) is 17.0 Å². The molecule has 8 heteroatoms. The van der Waals surface area contributed by atoms with Crippen molar-refractivity contribution in [1.82, 2.24) is 5.32 Å². The number of halogens is 1. The molecule has 2 aliphatic rings. The molecule has 1 saturated heterocycles. The first kappa shape index (κ1) is 18.1. The summed E-state index contributed by atoms with van der Waals surface area (Å²) >= 11 is 0. The molecular weight excluding hydrogens is 365 g/mol. The van der Waals surface area contributed by atoms with Crippen LogP contribution < -0.4 is 25.0 Å². The van der Waals surface area contributed by atoms with Crippen LogP contribution in [0.25, 0.3) is 0 Å². The summed E-state index contributed by atoms with van der Waals surface area (Å²) in [6.45, 7) is 1.13. The highest BCUT2D eigenvalue weighted by Crippen LogP contribution is 2.42. The third kappa shape index (κ3) is 3.00. The van der Waals surface area contributed by atoms with Crippen molar-refractivity contribution in [3.8, 4) is 11.5 Å². The fourth-order valence-electron chi connectivity index (χ4n) is 3.75. The van der Waals surface area contributed by atoms with Crippen molar-refractivity contribution in [2.75, 3.05) is 37.5 Å². The van der Waals surface area contributed by atoms with Gasteiger partial charge in [-0.25, -0.2) is 9.18 Å². The Bertz CT molecular complexity index is 963.